The van der Waals surface area contributed by atoms with Gasteiger partial charge in [0.05, 0.1) is 6.04 Å². The van der Waals surface area contributed by atoms with Crippen molar-refractivity contribution in [2.75, 3.05) is 5.32 Å². The predicted octanol–water partition coefficient (Wildman–Crippen LogP) is 3.66. The van der Waals surface area contributed by atoms with E-state index in [1.54, 1.807) is 0 Å². The smallest absolute Gasteiger partial charge is 0.228 e. The van der Waals surface area contributed by atoms with Crippen LogP contribution in [0.1, 0.15) is 24.1 Å². The Balaban J connectivity index is 2.21. The summed E-state index contributed by atoms with van der Waals surface area (Å²) in [6.45, 7) is 4.08. The lowest BCUT2D eigenvalue weighted by molar-refractivity contribution is 0.845. The molecule has 1 aromatic heterocycles. The highest BCUT2D eigenvalue weighted by Gasteiger charge is 2.10. The summed E-state index contributed by atoms with van der Waals surface area (Å²) in [6.07, 6.45) is 0. The lowest BCUT2D eigenvalue weighted by atomic mass is 10.0. The Morgan fingerprint density at radius 2 is 1.67 bits per heavy atom. The molecule has 2 rings (SSSR count). The molecule has 0 aliphatic carbocycles. The summed E-state index contributed by atoms with van der Waals surface area (Å²) in [6, 6.07) is 8.16. The van der Waals surface area contributed by atoms with E-state index < -0.39 is 0 Å². The highest BCUT2D eigenvalue weighted by Crippen LogP contribution is 2.21. The van der Waals surface area contributed by atoms with E-state index in [0.717, 1.165) is 0 Å². The number of aryl methyl sites for hydroxylation is 1. The third kappa shape index (κ3) is 3.09. The molecule has 2 aromatic rings. The molecule has 1 aromatic carbocycles. The first-order chi connectivity index (χ1) is 8.56. The van der Waals surface area contributed by atoms with Gasteiger partial charge < -0.3 is 5.32 Å². The summed E-state index contributed by atoms with van der Waals surface area (Å²) in [4.78, 5) is 11.7. The zero-order chi connectivity index (χ0) is 13.1. The largest absolute Gasteiger partial charge is 0.348 e. The van der Waals surface area contributed by atoms with Crippen LogP contribution in [0.2, 0.25) is 10.6 Å². The standard InChI is InChI=1S/C12H12Cl2N4/c1-7-5-3-4-6-9(7)8(2)15-12-17-10(13)16-11(14)18-12/h3-6,8H,1-2H3,(H,15,16,17,18). The number of anilines is 1. The maximum Gasteiger partial charge on any atom is 0.228 e. The first-order valence-electron chi connectivity index (χ1n) is 5.45. The molecule has 18 heavy (non-hydrogen) atoms. The van der Waals surface area contributed by atoms with Crippen molar-refractivity contribution in [3.05, 3.63) is 46.0 Å². The van der Waals surface area contributed by atoms with Crippen molar-refractivity contribution in [1.29, 1.82) is 0 Å². The van der Waals surface area contributed by atoms with Gasteiger partial charge in [0.25, 0.3) is 0 Å². The monoisotopic (exact) mass is 282 g/mol. The van der Waals surface area contributed by atoms with E-state index in [0.29, 0.717) is 5.95 Å². The van der Waals surface area contributed by atoms with E-state index in [1.165, 1.54) is 11.1 Å². The van der Waals surface area contributed by atoms with E-state index in [2.05, 4.69) is 39.3 Å². The van der Waals surface area contributed by atoms with E-state index in [9.17, 15) is 0 Å². The van der Waals surface area contributed by atoms with Crippen LogP contribution < -0.4 is 5.32 Å². The van der Waals surface area contributed by atoms with Gasteiger partial charge in [0.1, 0.15) is 0 Å². The van der Waals surface area contributed by atoms with Crippen LogP contribution in [0.25, 0.3) is 0 Å². The number of aromatic nitrogens is 3. The number of rotatable bonds is 3. The second-order valence-electron chi connectivity index (χ2n) is 3.92. The minimum atomic E-state index is 0.0562. The molecule has 6 heteroatoms. The minimum absolute atomic E-state index is 0.0562. The van der Waals surface area contributed by atoms with Gasteiger partial charge in [0.2, 0.25) is 16.5 Å². The predicted molar refractivity (Wildman–Crippen MR) is 73.1 cm³/mol. The van der Waals surface area contributed by atoms with Crippen LogP contribution >= 0.6 is 23.2 Å². The van der Waals surface area contributed by atoms with Crippen LogP contribution in [0.5, 0.6) is 0 Å². The van der Waals surface area contributed by atoms with Gasteiger partial charge in [-0.1, -0.05) is 24.3 Å². The number of hydrogen-bond donors (Lipinski definition) is 1. The van der Waals surface area contributed by atoms with Gasteiger partial charge in [-0.3, -0.25) is 0 Å². The van der Waals surface area contributed by atoms with E-state index in [1.807, 2.05) is 19.1 Å². The maximum atomic E-state index is 5.72. The Labute approximate surface area is 115 Å². The Morgan fingerprint density at radius 1 is 1.06 bits per heavy atom. The number of nitrogens with zero attached hydrogens (tertiary/aromatic N) is 3. The van der Waals surface area contributed by atoms with Crippen LogP contribution in [0, 0.1) is 6.92 Å². The van der Waals surface area contributed by atoms with Gasteiger partial charge in [-0.15, -0.1) is 0 Å². The average molecular weight is 283 g/mol. The molecule has 94 valence electrons. The molecule has 0 aliphatic rings. The number of nitrogens with one attached hydrogen (secondary N) is 1. The van der Waals surface area contributed by atoms with Crippen molar-refractivity contribution in [1.82, 2.24) is 15.0 Å². The van der Waals surface area contributed by atoms with E-state index in [4.69, 9.17) is 23.2 Å². The summed E-state index contributed by atoms with van der Waals surface area (Å²) in [5, 5.41) is 3.31. The summed E-state index contributed by atoms with van der Waals surface area (Å²) >= 11 is 11.4. The van der Waals surface area contributed by atoms with Crippen LogP contribution in [-0.4, -0.2) is 15.0 Å². The molecule has 1 heterocycles. The normalized spacial score (nSPS) is 12.2. The molecule has 0 radical (unpaired) electrons. The highest BCUT2D eigenvalue weighted by molar-refractivity contribution is 6.31. The summed E-state index contributed by atoms with van der Waals surface area (Å²) in [5.41, 5.74) is 2.37. The van der Waals surface area contributed by atoms with Gasteiger partial charge >= 0.3 is 0 Å². The maximum absolute atomic E-state index is 5.72. The SMILES string of the molecule is Cc1ccccc1C(C)Nc1nc(Cl)nc(Cl)n1. The molecule has 0 spiro atoms. The van der Waals surface area contributed by atoms with Gasteiger partial charge in [-0.05, 0) is 48.2 Å². The minimum Gasteiger partial charge on any atom is -0.348 e. The van der Waals surface area contributed by atoms with Crippen LogP contribution in [0.3, 0.4) is 0 Å². The second-order valence-corrected chi connectivity index (χ2v) is 4.60. The van der Waals surface area contributed by atoms with Crippen LogP contribution in [0.4, 0.5) is 5.95 Å². The van der Waals surface area contributed by atoms with Gasteiger partial charge in [0.15, 0.2) is 0 Å². The molecule has 0 aliphatic heterocycles. The molecule has 4 nitrogen and oxygen atoms in total. The number of halogens is 2. The van der Waals surface area contributed by atoms with Crippen molar-refractivity contribution in [2.24, 2.45) is 0 Å². The van der Waals surface area contributed by atoms with Crippen molar-refractivity contribution in [3.63, 3.8) is 0 Å². The first kappa shape index (κ1) is 13.1. The van der Waals surface area contributed by atoms with Crippen molar-refractivity contribution >= 4 is 29.2 Å². The van der Waals surface area contributed by atoms with Crippen molar-refractivity contribution in [3.8, 4) is 0 Å². The second kappa shape index (κ2) is 5.50. The summed E-state index contributed by atoms with van der Waals surface area (Å²) in [5.74, 6) is 0.371. The molecule has 0 saturated carbocycles. The Morgan fingerprint density at radius 3 is 2.28 bits per heavy atom. The van der Waals surface area contributed by atoms with E-state index in [-0.39, 0.29) is 16.6 Å². The fourth-order valence-corrected chi connectivity index (χ4v) is 2.10. The number of hydrogen-bond acceptors (Lipinski definition) is 4. The molecule has 1 unspecified atom stereocenters. The van der Waals surface area contributed by atoms with Crippen LogP contribution in [-0.2, 0) is 0 Å². The molecule has 1 atom stereocenters. The molecule has 0 amide bonds. The average Bonchev–Trinajstić information content (AvgIpc) is 2.27. The van der Waals surface area contributed by atoms with Gasteiger partial charge in [-0.25, -0.2) is 0 Å². The fourth-order valence-electron chi connectivity index (χ4n) is 1.73. The Bertz CT molecular complexity index is 539. The van der Waals surface area contributed by atoms with Crippen molar-refractivity contribution in [2.45, 2.75) is 19.9 Å². The van der Waals surface area contributed by atoms with Gasteiger partial charge in [-0.2, -0.15) is 15.0 Å². The topological polar surface area (TPSA) is 50.7 Å². The van der Waals surface area contributed by atoms with Gasteiger partial charge in [0, 0.05) is 0 Å². The fraction of sp³-hybridized carbons (Fsp3) is 0.250. The quantitative estimate of drug-likeness (QED) is 0.934. The lowest BCUT2D eigenvalue weighted by Gasteiger charge is -2.16. The molecule has 0 fully saturated rings. The molecular weight excluding hydrogens is 271 g/mol. The number of benzene rings is 1. The molecule has 0 saturated heterocycles. The lowest BCUT2D eigenvalue weighted by Crippen LogP contribution is -2.11. The molecule has 1 N–H and O–H groups in total. The third-order valence-electron chi connectivity index (χ3n) is 2.58. The zero-order valence-corrected chi connectivity index (χ0v) is 11.5. The Kier molecular flexibility index (Phi) is 3.99. The van der Waals surface area contributed by atoms with E-state index >= 15 is 0 Å². The Hall–Kier alpha value is -1.39. The highest BCUT2D eigenvalue weighted by atomic mass is 35.5. The zero-order valence-electron chi connectivity index (χ0n) is 9.98. The van der Waals surface area contributed by atoms with Crippen LogP contribution in [0.15, 0.2) is 24.3 Å². The summed E-state index contributed by atoms with van der Waals surface area (Å²) in [7, 11) is 0. The van der Waals surface area contributed by atoms with Crippen molar-refractivity contribution < 1.29 is 0 Å². The summed E-state index contributed by atoms with van der Waals surface area (Å²) < 4.78 is 0. The molecular formula is C12H12Cl2N4. The first-order valence-corrected chi connectivity index (χ1v) is 6.21. The third-order valence-corrected chi connectivity index (χ3v) is 2.92. The molecule has 0 bridgehead atoms.